The number of hydrogen-bond donors (Lipinski definition) is 1. The van der Waals surface area contributed by atoms with E-state index in [1.807, 2.05) is 24.4 Å². The SMILES string of the molecule is C(=Cc1ccccn1)CCCCc1ccc2[nH]c3ccccc3c2c1. The van der Waals surface area contributed by atoms with Crippen molar-refractivity contribution in [2.75, 3.05) is 0 Å². The van der Waals surface area contributed by atoms with E-state index in [2.05, 4.69) is 64.6 Å². The van der Waals surface area contributed by atoms with Gasteiger partial charge >= 0.3 is 0 Å². The molecule has 0 saturated carbocycles. The Kier molecular flexibility index (Phi) is 4.60. The van der Waals surface area contributed by atoms with Crippen molar-refractivity contribution >= 4 is 27.9 Å². The van der Waals surface area contributed by atoms with Crippen molar-refractivity contribution < 1.29 is 0 Å². The Morgan fingerprint density at radius 3 is 2.64 bits per heavy atom. The molecule has 2 heterocycles. The number of pyridine rings is 1. The van der Waals surface area contributed by atoms with E-state index in [4.69, 9.17) is 0 Å². The average molecular weight is 326 g/mol. The monoisotopic (exact) mass is 326 g/mol. The second kappa shape index (κ2) is 7.35. The smallest absolute Gasteiger partial charge is 0.0626 e. The zero-order chi connectivity index (χ0) is 16.9. The fraction of sp³-hybridized carbons (Fsp3) is 0.174. The Hall–Kier alpha value is -2.87. The molecule has 0 aliphatic rings. The lowest BCUT2D eigenvalue weighted by molar-refractivity contribution is 0.749. The Morgan fingerprint density at radius 2 is 1.72 bits per heavy atom. The summed E-state index contributed by atoms with van der Waals surface area (Å²) in [6, 6.07) is 21.3. The first-order valence-electron chi connectivity index (χ1n) is 8.97. The van der Waals surface area contributed by atoms with Gasteiger partial charge in [-0.1, -0.05) is 36.4 Å². The molecule has 0 radical (unpaired) electrons. The van der Waals surface area contributed by atoms with Crippen LogP contribution in [0.5, 0.6) is 0 Å². The summed E-state index contributed by atoms with van der Waals surface area (Å²) >= 11 is 0. The van der Waals surface area contributed by atoms with Gasteiger partial charge in [0.1, 0.15) is 0 Å². The first-order chi connectivity index (χ1) is 12.4. The highest BCUT2D eigenvalue weighted by atomic mass is 14.7. The number of fused-ring (bicyclic) bond motifs is 3. The van der Waals surface area contributed by atoms with Crippen LogP contribution in [0.25, 0.3) is 27.9 Å². The number of aryl methyl sites for hydroxylation is 1. The lowest BCUT2D eigenvalue weighted by Gasteiger charge is -2.01. The molecule has 2 aromatic heterocycles. The van der Waals surface area contributed by atoms with E-state index in [0.717, 1.165) is 18.5 Å². The van der Waals surface area contributed by atoms with Gasteiger partial charge in [0.15, 0.2) is 0 Å². The summed E-state index contributed by atoms with van der Waals surface area (Å²) in [5.74, 6) is 0. The number of benzene rings is 2. The number of aromatic nitrogens is 2. The number of H-pyrrole nitrogens is 1. The van der Waals surface area contributed by atoms with E-state index in [1.165, 1.54) is 40.2 Å². The molecule has 0 aliphatic heterocycles. The molecule has 0 unspecified atom stereocenters. The molecule has 0 aliphatic carbocycles. The van der Waals surface area contributed by atoms with E-state index >= 15 is 0 Å². The lowest BCUT2D eigenvalue weighted by Crippen LogP contribution is -1.85. The minimum absolute atomic E-state index is 1.03. The Balaban J connectivity index is 1.35. The topological polar surface area (TPSA) is 28.7 Å². The molecule has 0 atom stereocenters. The number of nitrogens with one attached hydrogen (secondary N) is 1. The van der Waals surface area contributed by atoms with Crippen LogP contribution in [0.15, 0.2) is 72.9 Å². The summed E-state index contributed by atoms with van der Waals surface area (Å²) in [6.45, 7) is 0. The van der Waals surface area contributed by atoms with E-state index in [-0.39, 0.29) is 0 Å². The molecule has 4 rings (SSSR count). The maximum absolute atomic E-state index is 4.30. The van der Waals surface area contributed by atoms with Crippen molar-refractivity contribution in [3.05, 3.63) is 84.2 Å². The fourth-order valence-electron chi connectivity index (χ4n) is 3.32. The van der Waals surface area contributed by atoms with Crippen molar-refractivity contribution in [3.63, 3.8) is 0 Å². The molecular formula is C23H22N2. The highest BCUT2D eigenvalue weighted by Gasteiger charge is 2.04. The van der Waals surface area contributed by atoms with Crippen LogP contribution in [0.3, 0.4) is 0 Å². The van der Waals surface area contributed by atoms with Gasteiger partial charge in [-0.15, -0.1) is 0 Å². The zero-order valence-corrected chi connectivity index (χ0v) is 14.3. The largest absolute Gasteiger partial charge is 0.355 e. The highest BCUT2D eigenvalue weighted by molar-refractivity contribution is 6.07. The molecule has 2 nitrogen and oxygen atoms in total. The number of aromatic amines is 1. The van der Waals surface area contributed by atoms with Crippen LogP contribution >= 0.6 is 0 Å². The molecule has 2 heteroatoms. The molecule has 1 N–H and O–H groups in total. The van der Waals surface area contributed by atoms with Gasteiger partial charge in [0.25, 0.3) is 0 Å². The number of nitrogens with zero attached hydrogens (tertiary/aromatic N) is 1. The second-order valence-electron chi connectivity index (χ2n) is 6.45. The van der Waals surface area contributed by atoms with Crippen molar-refractivity contribution in [2.45, 2.75) is 25.7 Å². The van der Waals surface area contributed by atoms with Crippen LogP contribution in [0.4, 0.5) is 0 Å². The van der Waals surface area contributed by atoms with Crippen LogP contribution in [-0.2, 0) is 6.42 Å². The minimum Gasteiger partial charge on any atom is -0.355 e. The Morgan fingerprint density at radius 1 is 0.840 bits per heavy atom. The molecule has 0 amide bonds. The van der Waals surface area contributed by atoms with Gasteiger partial charge in [0, 0.05) is 28.0 Å². The molecule has 0 spiro atoms. The standard InChI is InChI=1S/C23H22N2/c1(2-4-10-19-11-7-8-16-24-19)3-9-18-14-15-23-21(17-18)20-12-5-6-13-22(20)25-23/h4-8,10-17,25H,1-3,9H2. The highest BCUT2D eigenvalue weighted by Crippen LogP contribution is 2.26. The third kappa shape index (κ3) is 3.63. The van der Waals surface area contributed by atoms with Crippen LogP contribution in [0.2, 0.25) is 0 Å². The van der Waals surface area contributed by atoms with Crippen molar-refractivity contribution in [2.24, 2.45) is 0 Å². The minimum atomic E-state index is 1.03. The normalized spacial score (nSPS) is 11.7. The number of unbranched alkanes of at least 4 members (excludes halogenated alkanes) is 2. The summed E-state index contributed by atoms with van der Waals surface area (Å²) in [7, 11) is 0. The van der Waals surface area contributed by atoms with Gasteiger partial charge in [0.2, 0.25) is 0 Å². The first-order valence-corrected chi connectivity index (χ1v) is 8.97. The first kappa shape index (κ1) is 15.6. The predicted octanol–water partition coefficient (Wildman–Crippen LogP) is 6.14. The number of para-hydroxylation sites is 1. The molecule has 124 valence electrons. The Bertz CT molecular complexity index is 996. The number of hydrogen-bond acceptors (Lipinski definition) is 1. The molecule has 2 aromatic carbocycles. The maximum atomic E-state index is 4.30. The van der Waals surface area contributed by atoms with Gasteiger partial charge in [-0.25, -0.2) is 0 Å². The number of allylic oxidation sites excluding steroid dienone is 1. The summed E-state index contributed by atoms with van der Waals surface area (Å²) in [4.78, 5) is 7.79. The summed E-state index contributed by atoms with van der Waals surface area (Å²) in [6.07, 6.45) is 10.8. The Labute approximate surface area is 148 Å². The van der Waals surface area contributed by atoms with Gasteiger partial charge in [0.05, 0.1) is 5.69 Å². The van der Waals surface area contributed by atoms with Gasteiger partial charge in [-0.3, -0.25) is 4.98 Å². The van der Waals surface area contributed by atoms with Crippen molar-refractivity contribution in [1.29, 1.82) is 0 Å². The molecule has 25 heavy (non-hydrogen) atoms. The lowest BCUT2D eigenvalue weighted by atomic mass is 10.0. The predicted molar refractivity (Wildman–Crippen MR) is 107 cm³/mol. The van der Waals surface area contributed by atoms with Gasteiger partial charge in [-0.05, 0) is 67.7 Å². The van der Waals surface area contributed by atoms with Crippen molar-refractivity contribution in [1.82, 2.24) is 9.97 Å². The fourth-order valence-corrected chi connectivity index (χ4v) is 3.32. The molecular weight excluding hydrogens is 304 g/mol. The summed E-state index contributed by atoms with van der Waals surface area (Å²) in [5.41, 5.74) is 4.90. The van der Waals surface area contributed by atoms with Gasteiger partial charge in [-0.2, -0.15) is 0 Å². The van der Waals surface area contributed by atoms with E-state index in [0.29, 0.717) is 0 Å². The average Bonchev–Trinajstić information content (AvgIpc) is 3.03. The molecule has 0 fully saturated rings. The van der Waals surface area contributed by atoms with Crippen molar-refractivity contribution in [3.8, 4) is 0 Å². The van der Waals surface area contributed by atoms with Crippen LogP contribution < -0.4 is 0 Å². The van der Waals surface area contributed by atoms with E-state index in [9.17, 15) is 0 Å². The molecule has 4 aromatic rings. The van der Waals surface area contributed by atoms with E-state index in [1.54, 1.807) is 0 Å². The number of rotatable bonds is 6. The third-order valence-corrected chi connectivity index (χ3v) is 4.63. The zero-order valence-electron chi connectivity index (χ0n) is 14.3. The third-order valence-electron chi connectivity index (χ3n) is 4.63. The van der Waals surface area contributed by atoms with Crippen LogP contribution in [0.1, 0.15) is 30.5 Å². The summed E-state index contributed by atoms with van der Waals surface area (Å²) < 4.78 is 0. The van der Waals surface area contributed by atoms with E-state index < -0.39 is 0 Å². The second-order valence-corrected chi connectivity index (χ2v) is 6.45. The maximum Gasteiger partial charge on any atom is 0.0626 e. The van der Waals surface area contributed by atoms with Crippen LogP contribution in [0, 0.1) is 0 Å². The summed E-state index contributed by atoms with van der Waals surface area (Å²) in [5, 5.41) is 2.65. The van der Waals surface area contributed by atoms with Crippen LogP contribution in [-0.4, -0.2) is 9.97 Å². The van der Waals surface area contributed by atoms with Gasteiger partial charge < -0.3 is 4.98 Å². The molecule has 0 bridgehead atoms. The molecule has 0 saturated heterocycles. The quantitative estimate of drug-likeness (QED) is 0.423.